The third-order valence-electron chi connectivity index (χ3n) is 1.57. The maximum absolute atomic E-state index is 10.8. The standard InChI is InChI=1S/C8H6N2O/c11-8-9-5-6-3-1-2-4-7(6)10-8/h1-5H,(H,9,10,11)/p+1. The van der Waals surface area contributed by atoms with Crippen molar-refractivity contribution < 1.29 is 4.98 Å². The number of hydrogen-bond acceptors (Lipinski definition) is 1. The monoisotopic (exact) mass is 147 g/mol. The van der Waals surface area contributed by atoms with E-state index in [0.717, 1.165) is 10.9 Å². The molecule has 0 amide bonds. The molecule has 0 aliphatic carbocycles. The van der Waals surface area contributed by atoms with Gasteiger partial charge in [0.15, 0.2) is 0 Å². The summed E-state index contributed by atoms with van der Waals surface area (Å²) in [6.45, 7) is 0. The number of H-pyrrole nitrogens is 2. The molecule has 1 heterocycles. The molecule has 1 aromatic heterocycles. The quantitative estimate of drug-likeness (QED) is 0.574. The van der Waals surface area contributed by atoms with E-state index in [0.29, 0.717) is 0 Å². The maximum Gasteiger partial charge on any atom is 0.493 e. The van der Waals surface area contributed by atoms with Crippen molar-refractivity contribution in [1.29, 1.82) is 0 Å². The molecule has 0 saturated carbocycles. The van der Waals surface area contributed by atoms with Gasteiger partial charge in [-0.25, -0.2) is 9.97 Å². The Bertz CT molecular complexity index is 433. The Kier molecular flexibility index (Phi) is 1.22. The summed E-state index contributed by atoms with van der Waals surface area (Å²) >= 11 is 0. The second kappa shape index (κ2) is 2.20. The minimum atomic E-state index is -0.177. The minimum absolute atomic E-state index is 0.177. The van der Waals surface area contributed by atoms with Gasteiger partial charge in [-0.1, -0.05) is 12.1 Å². The highest BCUT2D eigenvalue weighted by molar-refractivity contribution is 5.76. The third-order valence-corrected chi connectivity index (χ3v) is 1.57. The van der Waals surface area contributed by atoms with Crippen molar-refractivity contribution in [2.24, 2.45) is 0 Å². The third kappa shape index (κ3) is 1.00. The number of benzene rings is 1. The summed E-state index contributed by atoms with van der Waals surface area (Å²) in [7, 11) is 0. The summed E-state index contributed by atoms with van der Waals surface area (Å²) in [6, 6.07) is 7.61. The van der Waals surface area contributed by atoms with Crippen molar-refractivity contribution in [2.45, 2.75) is 0 Å². The highest BCUT2D eigenvalue weighted by Crippen LogP contribution is 2.03. The topological polar surface area (TPSA) is 47.0 Å². The molecule has 0 bridgehead atoms. The molecular weight excluding hydrogens is 140 g/mol. The molecule has 0 radical (unpaired) electrons. The van der Waals surface area contributed by atoms with Gasteiger partial charge in [0.1, 0.15) is 11.7 Å². The molecule has 0 saturated heterocycles. The van der Waals surface area contributed by atoms with E-state index >= 15 is 0 Å². The lowest BCUT2D eigenvalue weighted by Crippen LogP contribution is -2.28. The summed E-state index contributed by atoms with van der Waals surface area (Å²) in [5, 5.41) is 1.01. The molecule has 54 valence electrons. The highest BCUT2D eigenvalue weighted by Gasteiger charge is 1.96. The van der Waals surface area contributed by atoms with Gasteiger partial charge < -0.3 is 0 Å². The zero-order chi connectivity index (χ0) is 7.68. The normalized spacial score (nSPS) is 10.2. The first-order chi connectivity index (χ1) is 5.36. The van der Waals surface area contributed by atoms with E-state index in [2.05, 4.69) is 9.97 Å². The van der Waals surface area contributed by atoms with E-state index in [1.165, 1.54) is 0 Å². The largest absolute Gasteiger partial charge is 0.493 e. The van der Waals surface area contributed by atoms with Crippen LogP contribution in [0, 0.1) is 0 Å². The van der Waals surface area contributed by atoms with Crippen LogP contribution in [0.4, 0.5) is 0 Å². The van der Waals surface area contributed by atoms with E-state index in [9.17, 15) is 4.79 Å². The summed E-state index contributed by atoms with van der Waals surface area (Å²) in [4.78, 5) is 16.0. The highest BCUT2D eigenvalue weighted by atomic mass is 16.1. The van der Waals surface area contributed by atoms with E-state index in [4.69, 9.17) is 0 Å². The first kappa shape index (κ1) is 6.09. The van der Waals surface area contributed by atoms with E-state index in [1.54, 1.807) is 6.20 Å². The molecule has 3 nitrogen and oxygen atoms in total. The van der Waals surface area contributed by atoms with E-state index in [-0.39, 0.29) is 5.69 Å². The average molecular weight is 147 g/mol. The van der Waals surface area contributed by atoms with Gasteiger partial charge in [-0.2, -0.15) is 4.79 Å². The van der Waals surface area contributed by atoms with Crippen LogP contribution in [-0.4, -0.2) is 4.98 Å². The van der Waals surface area contributed by atoms with Crippen LogP contribution < -0.4 is 10.7 Å². The van der Waals surface area contributed by atoms with Crippen LogP contribution in [0.3, 0.4) is 0 Å². The zero-order valence-electron chi connectivity index (χ0n) is 5.79. The summed E-state index contributed by atoms with van der Waals surface area (Å²) < 4.78 is 0. The van der Waals surface area contributed by atoms with Crippen molar-refractivity contribution in [3.63, 3.8) is 0 Å². The van der Waals surface area contributed by atoms with Crippen LogP contribution in [0.25, 0.3) is 10.9 Å². The van der Waals surface area contributed by atoms with Gasteiger partial charge in [-0.3, -0.25) is 0 Å². The molecular formula is C8H7N2O+. The Morgan fingerprint density at radius 1 is 1.27 bits per heavy atom. The molecule has 0 unspecified atom stereocenters. The molecule has 2 aromatic rings. The maximum atomic E-state index is 10.8. The number of rotatable bonds is 0. The Hall–Kier alpha value is -1.64. The smallest absolute Gasteiger partial charge is 0.210 e. The number of fused-ring (bicyclic) bond motifs is 1. The fourth-order valence-corrected chi connectivity index (χ4v) is 1.04. The van der Waals surface area contributed by atoms with Crippen LogP contribution in [0.1, 0.15) is 0 Å². The Morgan fingerprint density at radius 2 is 2.09 bits per heavy atom. The van der Waals surface area contributed by atoms with Gasteiger partial charge in [-0.15, -0.1) is 0 Å². The van der Waals surface area contributed by atoms with Crippen LogP contribution >= 0.6 is 0 Å². The summed E-state index contributed by atoms with van der Waals surface area (Å²) in [6.07, 6.45) is 1.69. The number of aromatic amines is 2. The van der Waals surface area contributed by atoms with Crippen LogP contribution in [0.5, 0.6) is 0 Å². The average Bonchev–Trinajstić information content (AvgIpc) is 2.04. The second-order valence-electron chi connectivity index (χ2n) is 2.33. The molecule has 0 aliphatic heterocycles. The van der Waals surface area contributed by atoms with Gasteiger partial charge in [-0.05, 0) is 12.1 Å². The molecule has 0 atom stereocenters. The lowest BCUT2D eigenvalue weighted by atomic mass is 10.2. The summed E-state index contributed by atoms with van der Waals surface area (Å²) in [5.74, 6) is 0. The van der Waals surface area contributed by atoms with Crippen molar-refractivity contribution in [1.82, 2.24) is 4.98 Å². The molecule has 0 spiro atoms. The van der Waals surface area contributed by atoms with Crippen LogP contribution in [0.15, 0.2) is 35.3 Å². The van der Waals surface area contributed by atoms with Crippen LogP contribution in [-0.2, 0) is 0 Å². The van der Waals surface area contributed by atoms with Gasteiger partial charge in [0.25, 0.3) is 0 Å². The van der Waals surface area contributed by atoms with Crippen molar-refractivity contribution >= 4 is 10.9 Å². The number of hydrogen-bond donors (Lipinski definition) is 1. The lowest BCUT2D eigenvalue weighted by molar-refractivity contribution is -0.400. The summed E-state index contributed by atoms with van der Waals surface area (Å²) in [5.41, 5.74) is 0.681. The Balaban J connectivity index is 2.94. The van der Waals surface area contributed by atoms with Gasteiger partial charge in [0.2, 0.25) is 0 Å². The number of para-hydroxylation sites is 1. The first-order valence-corrected chi connectivity index (χ1v) is 3.36. The molecule has 3 heteroatoms. The number of nitrogens with one attached hydrogen (secondary N) is 2. The van der Waals surface area contributed by atoms with Gasteiger partial charge >= 0.3 is 5.69 Å². The molecule has 0 aliphatic rings. The fourth-order valence-electron chi connectivity index (χ4n) is 1.04. The molecule has 1 aromatic carbocycles. The fraction of sp³-hybridized carbons (Fsp3) is 0. The molecule has 2 N–H and O–H groups in total. The second-order valence-corrected chi connectivity index (χ2v) is 2.33. The predicted octanol–water partition coefficient (Wildman–Crippen LogP) is 0.342. The van der Waals surface area contributed by atoms with E-state index in [1.807, 2.05) is 24.3 Å². The molecule has 2 rings (SSSR count). The van der Waals surface area contributed by atoms with Gasteiger partial charge in [0.05, 0.1) is 5.39 Å². The number of aromatic nitrogens is 2. The van der Waals surface area contributed by atoms with Crippen molar-refractivity contribution in [2.75, 3.05) is 0 Å². The van der Waals surface area contributed by atoms with Crippen LogP contribution in [0.2, 0.25) is 0 Å². The van der Waals surface area contributed by atoms with Crippen molar-refractivity contribution in [3.05, 3.63) is 40.9 Å². The Morgan fingerprint density at radius 3 is 3.00 bits per heavy atom. The zero-order valence-corrected chi connectivity index (χ0v) is 5.79. The SMILES string of the molecule is O=c1[nH]c2ccccc2c[nH+]1. The molecule has 11 heavy (non-hydrogen) atoms. The van der Waals surface area contributed by atoms with Crippen molar-refractivity contribution in [3.8, 4) is 0 Å². The predicted molar refractivity (Wildman–Crippen MR) is 41.1 cm³/mol. The van der Waals surface area contributed by atoms with Gasteiger partial charge in [0, 0.05) is 0 Å². The Labute approximate surface area is 62.7 Å². The minimum Gasteiger partial charge on any atom is -0.210 e. The first-order valence-electron chi connectivity index (χ1n) is 3.36. The molecule has 0 fully saturated rings. The van der Waals surface area contributed by atoms with E-state index < -0.39 is 0 Å². The lowest BCUT2D eigenvalue weighted by Gasteiger charge is -1.86.